The highest BCUT2D eigenvalue weighted by Gasteiger charge is 2.10. The predicted molar refractivity (Wildman–Crippen MR) is 106 cm³/mol. The third-order valence-electron chi connectivity index (χ3n) is 3.82. The van der Waals surface area contributed by atoms with E-state index in [4.69, 9.17) is 0 Å². The molecule has 0 radical (unpaired) electrons. The zero-order chi connectivity index (χ0) is 16.9. The minimum atomic E-state index is 0.212. The summed E-state index contributed by atoms with van der Waals surface area (Å²) < 4.78 is 2.35. The molecule has 0 spiro atoms. The maximum Gasteiger partial charge on any atom is 0.222 e. The number of thiophene rings is 1. The molecule has 0 N–H and O–H groups in total. The summed E-state index contributed by atoms with van der Waals surface area (Å²) in [5.41, 5.74) is 1.08. The number of nitrogens with zero attached hydrogens (tertiary/aromatic N) is 2. The van der Waals surface area contributed by atoms with Crippen LogP contribution in [0.15, 0.2) is 40.2 Å². The Hall–Kier alpha value is -1.24. The Balaban J connectivity index is 1.41. The van der Waals surface area contributed by atoms with Crippen LogP contribution in [0.4, 0.5) is 0 Å². The van der Waals surface area contributed by atoms with Gasteiger partial charge in [-0.15, -0.1) is 22.7 Å². The quantitative estimate of drug-likeness (QED) is 0.471. The van der Waals surface area contributed by atoms with Crippen LogP contribution in [0.5, 0.6) is 0 Å². The second kappa shape index (κ2) is 8.23. The number of unbranched alkanes of at least 4 members (excludes halogenated alkanes) is 1. The van der Waals surface area contributed by atoms with Crippen molar-refractivity contribution in [1.82, 2.24) is 9.88 Å². The number of hydrogen-bond donors (Lipinski definition) is 0. The van der Waals surface area contributed by atoms with E-state index in [1.165, 1.54) is 14.6 Å². The van der Waals surface area contributed by atoms with E-state index in [9.17, 15) is 4.79 Å². The predicted octanol–water partition coefficient (Wildman–Crippen LogP) is 5.49. The van der Waals surface area contributed by atoms with E-state index in [0.29, 0.717) is 13.0 Å². The number of aryl methyl sites for hydroxylation is 1. The van der Waals surface area contributed by atoms with Gasteiger partial charge in [0.05, 0.1) is 25.6 Å². The molecule has 126 valence electrons. The molecule has 3 rings (SSSR count). The first-order valence-electron chi connectivity index (χ1n) is 7.94. The Morgan fingerprint density at radius 1 is 1.17 bits per heavy atom. The van der Waals surface area contributed by atoms with Gasteiger partial charge in [-0.1, -0.05) is 12.1 Å². The average molecular weight is 423 g/mol. The van der Waals surface area contributed by atoms with Gasteiger partial charge in [-0.05, 0) is 59.5 Å². The molecule has 0 aliphatic rings. The van der Waals surface area contributed by atoms with Crippen molar-refractivity contribution in [3.8, 4) is 0 Å². The van der Waals surface area contributed by atoms with Crippen LogP contribution in [-0.2, 0) is 17.8 Å². The van der Waals surface area contributed by atoms with Crippen LogP contribution in [0.25, 0.3) is 10.2 Å². The SMILES string of the molecule is CN(Cc1ccc(Br)s1)C(=O)CCCCc1nc2ccccc2s1. The largest absolute Gasteiger partial charge is 0.341 e. The van der Waals surface area contributed by atoms with E-state index < -0.39 is 0 Å². The molecule has 6 heteroatoms. The van der Waals surface area contributed by atoms with Crippen molar-refractivity contribution in [1.29, 1.82) is 0 Å². The summed E-state index contributed by atoms with van der Waals surface area (Å²) in [6.45, 7) is 0.687. The highest BCUT2D eigenvalue weighted by atomic mass is 79.9. The molecule has 0 bridgehead atoms. The molecule has 0 atom stereocenters. The Bertz CT molecular complexity index is 794. The normalized spacial score (nSPS) is 11.1. The number of thiazole rings is 1. The van der Waals surface area contributed by atoms with E-state index >= 15 is 0 Å². The van der Waals surface area contributed by atoms with Crippen molar-refractivity contribution in [2.75, 3.05) is 7.05 Å². The summed E-state index contributed by atoms with van der Waals surface area (Å²) >= 11 is 6.89. The molecule has 24 heavy (non-hydrogen) atoms. The van der Waals surface area contributed by atoms with Crippen molar-refractivity contribution in [3.63, 3.8) is 0 Å². The fourth-order valence-electron chi connectivity index (χ4n) is 2.53. The minimum absolute atomic E-state index is 0.212. The summed E-state index contributed by atoms with van der Waals surface area (Å²) in [6, 6.07) is 12.3. The first-order valence-corrected chi connectivity index (χ1v) is 10.4. The van der Waals surface area contributed by atoms with Gasteiger partial charge in [-0.25, -0.2) is 4.98 Å². The number of carbonyl (C=O) groups is 1. The maximum atomic E-state index is 12.2. The summed E-state index contributed by atoms with van der Waals surface area (Å²) in [5, 5.41) is 1.17. The molecule has 0 unspecified atom stereocenters. The Morgan fingerprint density at radius 2 is 2.00 bits per heavy atom. The fourth-order valence-corrected chi connectivity index (χ4v) is 5.07. The topological polar surface area (TPSA) is 33.2 Å². The van der Waals surface area contributed by atoms with Crippen LogP contribution >= 0.6 is 38.6 Å². The van der Waals surface area contributed by atoms with Crippen molar-refractivity contribution < 1.29 is 4.79 Å². The fraction of sp³-hybridized carbons (Fsp3) is 0.333. The molecule has 0 aliphatic heterocycles. The molecule has 0 saturated heterocycles. The third kappa shape index (κ3) is 4.65. The number of hydrogen-bond acceptors (Lipinski definition) is 4. The van der Waals surface area contributed by atoms with Gasteiger partial charge in [0.15, 0.2) is 0 Å². The van der Waals surface area contributed by atoms with Gasteiger partial charge in [-0.2, -0.15) is 0 Å². The first kappa shape index (κ1) is 17.6. The molecule has 2 heterocycles. The molecule has 2 aromatic heterocycles. The van der Waals surface area contributed by atoms with E-state index in [0.717, 1.165) is 28.6 Å². The maximum absolute atomic E-state index is 12.2. The van der Waals surface area contributed by atoms with Crippen LogP contribution in [0.3, 0.4) is 0 Å². The number of fused-ring (bicyclic) bond motifs is 1. The molecule has 0 fully saturated rings. The lowest BCUT2D eigenvalue weighted by atomic mass is 10.2. The highest BCUT2D eigenvalue weighted by molar-refractivity contribution is 9.11. The van der Waals surface area contributed by atoms with Crippen molar-refractivity contribution in [2.24, 2.45) is 0 Å². The zero-order valence-electron chi connectivity index (χ0n) is 13.5. The van der Waals surface area contributed by atoms with Gasteiger partial charge in [0.2, 0.25) is 5.91 Å². The Morgan fingerprint density at radius 3 is 2.75 bits per heavy atom. The van der Waals surface area contributed by atoms with Crippen LogP contribution in [0, 0.1) is 0 Å². The molecule has 3 nitrogen and oxygen atoms in total. The molecule has 1 amide bonds. The molecular formula is C18H19BrN2OS2. The summed E-state index contributed by atoms with van der Waals surface area (Å²) in [5.74, 6) is 0.212. The van der Waals surface area contributed by atoms with Crippen molar-refractivity contribution in [3.05, 3.63) is 50.1 Å². The van der Waals surface area contributed by atoms with Crippen molar-refractivity contribution >= 4 is 54.7 Å². The summed E-state index contributed by atoms with van der Waals surface area (Å²) in [6.07, 6.45) is 3.47. The lowest BCUT2D eigenvalue weighted by Crippen LogP contribution is -2.25. The summed E-state index contributed by atoms with van der Waals surface area (Å²) in [4.78, 5) is 19.9. The minimum Gasteiger partial charge on any atom is -0.341 e. The first-order chi connectivity index (χ1) is 11.6. The average Bonchev–Trinajstić information content (AvgIpc) is 3.16. The monoisotopic (exact) mass is 422 g/mol. The van der Waals surface area contributed by atoms with Gasteiger partial charge in [-0.3, -0.25) is 4.79 Å². The highest BCUT2D eigenvalue weighted by Crippen LogP contribution is 2.24. The van der Waals surface area contributed by atoms with Gasteiger partial charge >= 0.3 is 0 Å². The van der Waals surface area contributed by atoms with E-state index in [1.54, 1.807) is 22.7 Å². The number of para-hydroxylation sites is 1. The van der Waals surface area contributed by atoms with Crippen LogP contribution < -0.4 is 0 Å². The van der Waals surface area contributed by atoms with Gasteiger partial charge in [0.1, 0.15) is 0 Å². The number of benzene rings is 1. The number of carbonyl (C=O) groups excluding carboxylic acids is 1. The standard InChI is InChI=1S/C18H19BrN2OS2/c1-21(12-13-10-11-16(19)23-13)18(22)9-5-4-8-17-20-14-6-2-3-7-15(14)24-17/h2-3,6-7,10-11H,4-5,8-9,12H2,1H3. The van der Waals surface area contributed by atoms with E-state index in [-0.39, 0.29) is 5.91 Å². The van der Waals surface area contributed by atoms with Crippen molar-refractivity contribution in [2.45, 2.75) is 32.2 Å². The molecule has 0 saturated carbocycles. The van der Waals surface area contributed by atoms with Gasteiger partial charge in [0, 0.05) is 18.3 Å². The van der Waals surface area contributed by atoms with E-state index in [2.05, 4.69) is 39.1 Å². The number of rotatable bonds is 7. The van der Waals surface area contributed by atoms with Gasteiger partial charge < -0.3 is 4.90 Å². The number of amides is 1. The van der Waals surface area contributed by atoms with Crippen LogP contribution in [0.2, 0.25) is 0 Å². The Kier molecular flexibility index (Phi) is 6.03. The lowest BCUT2D eigenvalue weighted by molar-refractivity contribution is -0.130. The number of aromatic nitrogens is 1. The summed E-state index contributed by atoms with van der Waals surface area (Å²) in [7, 11) is 1.88. The second-order valence-corrected chi connectivity index (χ2v) is 9.40. The van der Waals surface area contributed by atoms with Gasteiger partial charge in [0.25, 0.3) is 0 Å². The molecule has 1 aromatic carbocycles. The second-order valence-electron chi connectivity index (χ2n) is 5.74. The third-order valence-corrected chi connectivity index (χ3v) is 6.52. The molecule has 3 aromatic rings. The lowest BCUT2D eigenvalue weighted by Gasteiger charge is -2.16. The van der Waals surface area contributed by atoms with Crippen LogP contribution in [0.1, 0.15) is 29.1 Å². The molecular weight excluding hydrogens is 404 g/mol. The smallest absolute Gasteiger partial charge is 0.222 e. The Labute approximate surface area is 158 Å². The number of halogens is 1. The molecule has 0 aliphatic carbocycles. The van der Waals surface area contributed by atoms with Crippen LogP contribution in [-0.4, -0.2) is 22.8 Å². The van der Waals surface area contributed by atoms with E-state index in [1.807, 2.05) is 30.1 Å². The zero-order valence-corrected chi connectivity index (χ0v) is 16.7.